The number of nitrogens with one attached hydrogen (secondary N) is 3. The van der Waals surface area contributed by atoms with Crippen molar-refractivity contribution in [2.24, 2.45) is 5.92 Å². The average molecular weight is 735 g/mol. The van der Waals surface area contributed by atoms with Gasteiger partial charge in [0.25, 0.3) is 5.91 Å². The standard InChI is InChI=1S/C34H46N4O12S/c1-33(2,3)50-32(43)35-25-9-7-15-48-14-6-8-20-18-34(20,31(42)37-51(44,45)23-11-12-23)36-28(39)26-16-22(19-38(26)29(25)40)49-30(41)24-13-10-21(46-4)17-27(24)47-5/h6,8,10,13,17,20,22-23,25-26H,7,9,11-12,14-16,18-19H2,1-5H3,(H,35,43)(H,36,39)(H,37,42)/b8-6-. The molecule has 5 unspecified atom stereocenters. The van der Waals surface area contributed by atoms with E-state index < -0.39 is 80.3 Å². The molecule has 3 fully saturated rings. The number of rotatable bonds is 8. The zero-order valence-corrected chi connectivity index (χ0v) is 30.2. The highest BCUT2D eigenvalue weighted by molar-refractivity contribution is 7.91. The third-order valence-electron chi connectivity index (χ3n) is 9.07. The first-order valence-electron chi connectivity index (χ1n) is 16.9. The molecule has 2 aliphatic heterocycles. The van der Waals surface area contributed by atoms with Gasteiger partial charge in [-0.1, -0.05) is 12.2 Å². The summed E-state index contributed by atoms with van der Waals surface area (Å²) in [4.78, 5) is 69.4. The number of carbonyl (C=O) groups excluding carboxylic acids is 5. The number of esters is 1. The number of nitrogens with zero attached hydrogens (tertiary/aromatic N) is 1. The quantitative estimate of drug-likeness (QED) is 0.257. The molecule has 4 aliphatic rings. The summed E-state index contributed by atoms with van der Waals surface area (Å²) in [6.07, 6.45) is 2.88. The maximum absolute atomic E-state index is 14.2. The fourth-order valence-electron chi connectivity index (χ4n) is 6.19. The van der Waals surface area contributed by atoms with Crippen molar-refractivity contribution >= 4 is 39.8 Å². The topological polar surface area (TPSA) is 205 Å². The number of amides is 4. The Labute approximate surface area is 296 Å². The molecule has 1 aromatic carbocycles. The van der Waals surface area contributed by atoms with Gasteiger partial charge in [0.2, 0.25) is 21.8 Å². The van der Waals surface area contributed by atoms with E-state index in [-0.39, 0.29) is 50.3 Å². The Kier molecular flexibility index (Phi) is 11.2. The summed E-state index contributed by atoms with van der Waals surface area (Å²) < 4.78 is 55.0. The first-order valence-corrected chi connectivity index (χ1v) is 18.5. The third-order valence-corrected chi connectivity index (χ3v) is 10.9. The lowest BCUT2D eigenvalue weighted by Gasteiger charge is -2.30. The first-order chi connectivity index (χ1) is 24.1. The highest BCUT2D eigenvalue weighted by Crippen LogP contribution is 2.46. The normalized spacial score (nSPS) is 27.7. The van der Waals surface area contributed by atoms with Crippen LogP contribution >= 0.6 is 0 Å². The molecule has 17 heteroatoms. The lowest BCUT2D eigenvalue weighted by Crippen LogP contribution is -2.58. The molecular formula is C34H46N4O12S. The summed E-state index contributed by atoms with van der Waals surface area (Å²) in [5.74, 6) is -2.96. The van der Waals surface area contributed by atoms with Crippen LogP contribution in [0.2, 0.25) is 0 Å². The van der Waals surface area contributed by atoms with Crippen molar-refractivity contribution in [3.8, 4) is 11.5 Å². The highest BCUT2D eigenvalue weighted by Gasteiger charge is 2.62. The molecule has 0 bridgehead atoms. The highest BCUT2D eigenvalue weighted by atomic mass is 32.2. The molecule has 3 N–H and O–H groups in total. The summed E-state index contributed by atoms with van der Waals surface area (Å²) >= 11 is 0. The predicted molar refractivity (Wildman–Crippen MR) is 180 cm³/mol. The molecule has 2 saturated carbocycles. The number of ether oxygens (including phenoxy) is 5. The molecular weight excluding hydrogens is 688 g/mol. The number of methoxy groups -OCH3 is 2. The lowest BCUT2D eigenvalue weighted by atomic mass is 10.1. The van der Waals surface area contributed by atoms with Gasteiger partial charge in [-0.2, -0.15) is 0 Å². The molecule has 4 amide bonds. The minimum absolute atomic E-state index is 0.0862. The van der Waals surface area contributed by atoms with Gasteiger partial charge in [0.1, 0.15) is 46.4 Å². The molecule has 51 heavy (non-hydrogen) atoms. The summed E-state index contributed by atoms with van der Waals surface area (Å²) in [5.41, 5.74) is -2.38. The van der Waals surface area contributed by atoms with Crippen LogP contribution in [-0.4, -0.2) is 112 Å². The van der Waals surface area contributed by atoms with Crippen LogP contribution in [0, 0.1) is 5.92 Å². The van der Waals surface area contributed by atoms with E-state index >= 15 is 0 Å². The van der Waals surface area contributed by atoms with Crippen LogP contribution in [0.5, 0.6) is 11.5 Å². The van der Waals surface area contributed by atoms with Gasteiger partial charge in [-0.3, -0.25) is 19.1 Å². The Morgan fingerprint density at radius 2 is 1.82 bits per heavy atom. The number of hydrogen-bond acceptors (Lipinski definition) is 12. The van der Waals surface area contributed by atoms with Gasteiger partial charge in [-0.05, 0) is 65.0 Å². The maximum atomic E-state index is 14.2. The van der Waals surface area contributed by atoms with Crippen LogP contribution in [0.3, 0.4) is 0 Å². The van der Waals surface area contributed by atoms with Crippen LogP contribution < -0.4 is 24.8 Å². The fraction of sp³-hybridized carbons (Fsp3) is 0.618. The lowest BCUT2D eigenvalue weighted by molar-refractivity contribution is -0.141. The van der Waals surface area contributed by atoms with E-state index in [9.17, 15) is 32.4 Å². The number of hydrogen-bond donors (Lipinski definition) is 3. The van der Waals surface area contributed by atoms with Crippen LogP contribution in [0.25, 0.3) is 0 Å². The van der Waals surface area contributed by atoms with Crippen LogP contribution in [0.1, 0.15) is 69.7 Å². The minimum atomic E-state index is -3.94. The van der Waals surface area contributed by atoms with Crippen molar-refractivity contribution in [3.05, 3.63) is 35.9 Å². The molecule has 2 heterocycles. The van der Waals surface area contributed by atoms with E-state index in [1.807, 2.05) is 0 Å². The van der Waals surface area contributed by atoms with E-state index in [0.29, 0.717) is 25.0 Å². The molecule has 2 aliphatic carbocycles. The zero-order chi connectivity index (χ0) is 37.1. The van der Waals surface area contributed by atoms with Gasteiger partial charge in [0.15, 0.2) is 0 Å². The second-order valence-electron chi connectivity index (χ2n) is 14.1. The van der Waals surface area contributed by atoms with Gasteiger partial charge in [0.05, 0.1) is 32.6 Å². The Balaban J connectivity index is 1.44. The van der Waals surface area contributed by atoms with Gasteiger partial charge >= 0.3 is 12.1 Å². The second kappa shape index (κ2) is 15.1. The SMILES string of the molecule is COc1ccc(C(=O)OC2CC3C(=O)NC4(C(=O)NS(=O)(=O)C5CC5)CC4/C=C\COCCCC(NC(=O)OC(C)(C)C)C(=O)N3C2)c(OC)c1. The number of benzene rings is 1. The Morgan fingerprint density at radius 3 is 2.49 bits per heavy atom. The van der Waals surface area contributed by atoms with Gasteiger partial charge in [0, 0.05) is 25.0 Å². The molecule has 280 valence electrons. The Morgan fingerprint density at radius 1 is 1.08 bits per heavy atom. The molecule has 1 aromatic rings. The number of alkyl carbamates (subject to hydrolysis) is 1. The molecule has 16 nitrogen and oxygen atoms in total. The minimum Gasteiger partial charge on any atom is -0.497 e. The van der Waals surface area contributed by atoms with E-state index in [1.54, 1.807) is 39.0 Å². The number of fused-ring (bicyclic) bond motifs is 2. The molecule has 0 radical (unpaired) electrons. The Bertz CT molecular complexity index is 1670. The summed E-state index contributed by atoms with van der Waals surface area (Å²) in [6, 6.07) is 2.13. The smallest absolute Gasteiger partial charge is 0.408 e. The fourth-order valence-corrected chi connectivity index (χ4v) is 7.56. The summed E-state index contributed by atoms with van der Waals surface area (Å²) in [5, 5.41) is 4.69. The number of carbonyl (C=O) groups is 5. The molecule has 5 atom stereocenters. The molecule has 0 spiro atoms. The van der Waals surface area contributed by atoms with E-state index in [2.05, 4.69) is 15.4 Å². The van der Waals surface area contributed by atoms with E-state index in [0.717, 1.165) is 0 Å². The van der Waals surface area contributed by atoms with Crippen molar-refractivity contribution < 1.29 is 56.1 Å². The van der Waals surface area contributed by atoms with Crippen molar-refractivity contribution in [2.75, 3.05) is 34.0 Å². The Hall–Kier alpha value is -4.38. The molecule has 1 saturated heterocycles. The van der Waals surface area contributed by atoms with E-state index in [4.69, 9.17) is 23.7 Å². The third kappa shape index (κ3) is 9.11. The van der Waals surface area contributed by atoms with Crippen molar-refractivity contribution in [1.29, 1.82) is 0 Å². The van der Waals surface area contributed by atoms with Gasteiger partial charge in [-0.25, -0.2) is 18.0 Å². The summed E-state index contributed by atoms with van der Waals surface area (Å²) in [7, 11) is -1.09. The zero-order valence-electron chi connectivity index (χ0n) is 29.4. The summed E-state index contributed by atoms with van der Waals surface area (Å²) in [6.45, 7) is 5.21. The average Bonchev–Trinajstić information content (AvgIpc) is 3.99. The largest absolute Gasteiger partial charge is 0.497 e. The monoisotopic (exact) mass is 734 g/mol. The van der Waals surface area contributed by atoms with Gasteiger partial charge < -0.3 is 39.2 Å². The van der Waals surface area contributed by atoms with Crippen LogP contribution in [0.15, 0.2) is 30.4 Å². The molecule has 5 rings (SSSR count). The van der Waals surface area contributed by atoms with Crippen LogP contribution in [0.4, 0.5) is 4.79 Å². The van der Waals surface area contributed by atoms with Crippen molar-refractivity contribution in [2.45, 2.75) is 93.9 Å². The first kappa shape index (κ1) is 37.9. The van der Waals surface area contributed by atoms with Crippen LogP contribution in [-0.2, 0) is 38.6 Å². The second-order valence-corrected chi connectivity index (χ2v) is 16.1. The van der Waals surface area contributed by atoms with Crippen molar-refractivity contribution in [3.63, 3.8) is 0 Å². The number of sulfonamides is 1. The van der Waals surface area contributed by atoms with Crippen molar-refractivity contribution in [1.82, 2.24) is 20.3 Å². The molecule has 0 aromatic heterocycles. The maximum Gasteiger partial charge on any atom is 0.408 e. The predicted octanol–water partition coefficient (Wildman–Crippen LogP) is 1.57. The van der Waals surface area contributed by atoms with Gasteiger partial charge in [-0.15, -0.1) is 0 Å². The van der Waals surface area contributed by atoms with E-state index in [1.165, 1.54) is 31.3 Å².